The summed E-state index contributed by atoms with van der Waals surface area (Å²) in [6.07, 6.45) is 1.11. The van der Waals surface area contributed by atoms with Gasteiger partial charge in [0.15, 0.2) is 0 Å². The number of hydrogen-bond acceptors (Lipinski definition) is 1. The molecule has 3 heteroatoms. The zero-order valence-corrected chi connectivity index (χ0v) is 12.8. The van der Waals surface area contributed by atoms with Crippen molar-refractivity contribution in [2.75, 3.05) is 13.1 Å². The minimum Gasteiger partial charge on any atom is -0.338 e. The third-order valence-electron chi connectivity index (χ3n) is 3.97. The van der Waals surface area contributed by atoms with Crippen molar-refractivity contribution >= 4 is 21.8 Å². The molecular formula is C15H20BrNO. The van der Waals surface area contributed by atoms with Gasteiger partial charge in [-0.2, -0.15) is 0 Å². The van der Waals surface area contributed by atoms with Crippen molar-refractivity contribution in [1.82, 2.24) is 4.90 Å². The number of nitrogens with zero attached hydrogens (tertiary/aromatic N) is 1. The van der Waals surface area contributed by atoms with Gasteiger partial charge in [-0.05, 0) is 53.2 Å². The minimum absolute atomic E-state index is 0.157. The highest BCUT2D eigenvalue weighted by Crippen LogP contribution is 2.26. The first-order chi connectivity index (χ1) is 8.49. The molecule has 0 N–H and O–H groups in total. The van der Waals surface area contributed by atoms with Crippen molar-refractivity contribution in [3.63, 3.8) is 0 Å². The van der Waals surface area contributed by atoms with Gasteiger partial charge in [0, 0.05) is 17.6 Å². The predicted octanol–water partition coefficient (Wildman–Crippen LogP) is 3.88. The molecule has 1 amide bonds. The number of amides is 1. The molecule has 1 heterocycles. The maximum Gasteiger partial charge on any atom is 0.255 e. The highest BCUT2D eigenvalue weighted by Gasteiger charge is 2.27. The van der Waals surface area contributed by atoms with Gasteiger partial charge < -0.3 is 4.90 Å². The number of carbonyl (C=O) groups is 1. The molecule has 1 aliphatic heterocycles. The summed E-state index contributed by atoms with van der Waals surface area (Å²) in [5.74, 6) is 1.46. The fourth-order valence-corrected chi connectivity index (χ4v) is 2.84. The van der Waals surface area contributed by atoms with Crippen molar-refractivity contribution in [3.8, 4) is 0 Å². The third-order valence-corrected chi connectivity index (χ3v) is 4.67. The second kappa shape index (κ2) is 5.43. The van der Waals surface area contributed by atoms with Gasteiger partial charge >= 0.3 is 0 Å². The van der Waals surface area contributed by atoms with Crippen molar-refractivity contribution in [2.45, 2.75) is 27.2 Å². The van der Waals surface area contributed by atoms with Crippen LogP contribution in [0.4, 0.5) is 0 Å². The molecule has 2 rings (SSSR count). The van der Waals surface area contributed by atoms with Crippen LogP contribution in [0.5, 0.6) is 0 Å². The Bertz CT molecular complexity index is 458. The van der Waals surface area contributed by atoms with E-state index in [0.717, 1.165) is 41.0 Å². The first-order valence-electron chi connectivity index (χ1n) is 6.54. The number of hydrogen-bond donors (Lipinski definition) is 0. The molecule has 18 heavy (non-hydrogen) atoms. The van der Waals surface area contributed by atoms with E-state index in [2.05, 4.69) is 29.8 Å². The summed E-state index contributed by atoms with van der Waals surface area (Å²) < 4.78 is 0.893. The van der Waals surface area contributed by atoms with Gasteiger partial charge in [-0.3, -0.25) is 4.79 Å². The first kappa shape index (κ1) is 13.6. The molecule has 98 valence electrons. The van der Waals surface area contributed by atoms with Gasteiger partial charge in [0.2, 0.25) is 0 Å². The minimum atomic E-state index is 0.157. The topological polar surface area (TPSA) is 20.3 Å². The number of benzene rings is 1. The van der Waals surface area contributed by atoms with Crippen LogP contribution in [0.25, 0.3) is 0 Å². The highest BCUT2D eigenvalue weighted by atomic mass is 79.9. The summed E-state index contributed by atoms with van der Waals surface area (Å²) in [5, 5.41) is 0. The van der Waals surface area contributed by atoms with Gasteiger partial charge in [-0.25, -0.2) is 0 Å². The molecular weight excluding hydrogens is 290 g/mol. The molecule has 1 aliphatic rings. The van der Waals surface area contributed by atoms with E-state index < -0.39 is 0 Å². The van der Waals surface area contributed by atoms with Gasteiger partial charge in [0.25, 0.3) is 5.91 Å². The number of carbonyl (C=O) groups excluding carboxylic acids is 1. The molecule has 0 bridgehead atoms. The van der Waals surface area contributed by atoms with Crippen LogP contribution in [0, 0.1) is 18.8 Å². The Kier molecular flexibility index (Phi) is 4.10. The predicted molar refractivity (Wildman–Crippen MR) is 77.7 cm³/mol. The molecule has 0 spiro atoms. The fourth-order valence-electron chi connectivity index (χ4n) is 2.42. The Labute approximate surface area is 117 Å². The average molecular weight is 310 g/mol. The molecule has 0 radical (unpaired) electrons. The van der Waals surface area contributed by atoms with E-state index in [1.165, 1.54) is 0 Å². The summed E-state index contributed by atoms with van der Waals surface area (Å²) in [6.45, 7) is 8.28. The van der Waals surface area contributed by atoms with Gasteiger partial charge in [0.05, 0.1) is 5.56 Å². The van der Waals surface area contributed by atoms with Crippen LogP contribution in [0.1, 0.15) is 36.2 Å². The van der Waals surface area contributed by atoms with Crippen molar-refractivity contribution in [3.05, 3.63) is 33.8 Å². The monoisotopic (exact) mass is 309 g/mol. The summed E-state index contributed by atoms with van der Waals surface area (Å²) in [7, 11) is 0. The van der Waals surface area contributed by atoms with E-state index in [-0.39, 0.29) is 5.91 Å². The lowest BCUT2D eigenvalue weighted by molar-refractivity contribution is 0.0626. The number of halogens is 1. The molecule has 1 aromatic carbocycles. The zero-order chi connectivity index (χ0) is 13.3. The Morgan fingerprint density at radius 1 is 1.33 bits per heavy atom. The maximum absolute atomic E-state index is 12.5. The number of piperidine rings is 1. The van der Waals surface area contributed by atoms with Crippen molar-refractivity contribution < 1.29 is 4.79 Å². The standard InChI is InChI=1S/C15H20BrNO/c1-10-4-5-14(16)13(8-10)15(18)17-7-6-11(2)12(3)9-17/h4-5,8,11-12H,6-7,9H2,1-3H3. The molecule has 0 aliphatic carbocycles. The second-order valence-corrected chi connectivity index (χ2v) is 6.33. The summed E-state index contributed by atoms with van der Waals surface area (Å²) in [4.78, 5) is 14.5. The summed E-state index contributed by atoms with van der Waals surface area (Å²) in [6, 6.07) is 5.94. The van der Waals surface area contributed by atoms with Gasteiger partial charge in [-0.15, -0.1) is 0 Å². The number of aryl methyl sites for hydroxylation is 1. The lowest BCUT2D eigenvalue weighted by Gasteiger charge is -2.35. The molecule has 0 saturated carbocycles. The smallest absolute Gasteiger partial charge is 0.255 e. The van der Waals surface area contributed by atoms with Crippen LogP contribution >= 0.6 is 15.9 Å². The van der Waals surface area contributed by atoms with E-state index in [4.69, 9.17) is 0 Å². The number of likely N-dealkylation sites (tertiary alicyclic amines) is 1. The Hall–Kier alpha value is -0.830. The lowest BCUT2D eigenvalue weighted by atomic mass is 9.88. The zero-order valence-electron chi connectivity index (χ0n) is 11.2. The Morgan fingerprint density at radius 2 is 2.06 bits per heavy atom. The number of rotatable bonds is 1. The first-order valence-corrected chi connectivity index (χ1v) is 7.33. The van der Waals surface area contributed by atoms with Crippen LogP contribution in [0.3, 0.4) is 0 Å². The molecule has 1 aromatic rings. The molecule has 2 atom stereocenters. The highest BCUT2D eigenvalue weighted by molar-refractivity contribution is 9.10. The Balaban J connectivity index is 2.19. The molecule has 2 unspecified atom stereocenters. The van der Waals surface area contributed by atoms with E-state index in [9.17, 15) is 4.79 Å². The summed E-state index contributed by atoms with van der Waals surface area (Å²) in [5.41, 5.74) is 1.91. The van der Waals surface area contributed by atoms with Gasteiger partial charge in [0.1, 0.15) is 0 Å². The molecule has 2 nitrogen and oxygen atoms in total. The molecule has 0 aromatic heterocycles. The van der Waals surface area contributed by atoms with E-state index >= 15 is 0 Å². The van der Waals surface area contributed by atoms with Crippen LogP contribution in [0.2, 0.25) is 0 Å². The average Bonchev–Trinajstić information content (AvgIpc) is 2.35. The van der Waals surface area contributed by atoms with Crippen LogP contribution in [-0.4, -0.2) is 23.9 Å². The molecule has 1 fully saturated rings. The van der Waals surface area contributed by atoms with Crippen molar-refractivity contribution in [1.29, 1.82) is 0 Å². The largest absolute Gasteiger partial charge is 0.338 e. The summed E-state index contributed by atoms with van der Waals surface area (Å²) >= 11 is 3.48. The lowest BCUT2D eigenvalue weighted by Crippen LogP contribution is -2.42. The van der Waals surface area contributed by atoms with Crippen molar-refractivity contribution in [2.24, 2.45) is 11.8 Å². The fraction of sp³-hybridized carbons (Fsp3) is 0.533. The van der Waals surface area contributed by atoms with E-state index in [1.807, 2.05) is 30.0 Å². The maximum atomic E-state index is 12.5. The SMILES string of the molecule is Cc1ccc(Br)c(C(=O)N2CCC(C)C(C)C2)c1. The second-order valence-electron chi connectivity index (χ2n) is 5.48. The van der Waals surface area contributed by atoms with Gasteiger partial charge in [-0.1, -0.05) is 25.5 Å². The third kappa shape index (κ3) is 2.77. The van der Waals surface area contributed by atoms with Crippen LogP contribution in [-0.2, 0) is 0 Å². The van der Waals surface area contributed by atoms with Crippen LogP contribution < -0.4 is 0 Å². The molecule has 1 saturated heterocycles. The quantitative estimate of drug-likeness (QED) is 0.771. The van der Waals surface area contributed by atoms with E-state index in [1.54, 1.807) is 0 Å². The van der Waals surface area contributed by atoms with E-state index in [0.29, 0.717) is 5.92 Å². The van der Waals surface area contributed by atoms with Crippen LogP contribution in [0.15, 0.2) is 22.7 Å². The normalized spacial score (nSPS) is 24.1. The Morgan fingerprint density at radius 3 is 2.72 bits per heavy atom.